The molecule has 1 aromatic rings. The molecule has 0 heterocycles. The molecule has 2 atom stereocenters. The van der Waals surface area contributed by atoms with Crippen LogP contribution in [0.1, 0.15) is 31.7 Å². The number of carbonyl (C=O) groups is 2. The van der Waals surface area contributed by atoms with Crippen molar-refractivity contribution in [2.45, 2.75) is 37.5 Å². The summed E-state index contributed by atoms with van der Waals surface area (Å²) in [5, 5.41) is 10.7. The molecule has 0 bridgehead atoms. The predicted octanol–water partition coefficient (Wildman–Crippen LogP) is 0.545. The normalized spacial score (nSPS) is 19.3. The van der Waals surface area contributed by atoms with E-state index >= 15 is 0 Å². The van der Waals surface area contributed by atoms with Gasteiger partial charge in [-0.2, -0.15) is 0 Å². The number of carbonyl (C=O) groups excluding carboxylic acids is 2. The molecule has 0 spiro atoms. The lowest BCUT2D eigenvalue weighted by molar-refractivity contribution is -0.127. The second-order valence-electron chi connectivity index (χ2n) is 6.32. The third-order valence-corrected chi connectivity index (χ3v) is 5.19. The van der Waals surface area contributed by atoms with Gasteiger partial charge in [-0.25, -0.2) is 13.6 Å². The molecule has 25 heavy (non-hydrogen) atoms. The maximum Gasteiger partial charge on any atom is 0.238 e. The molecule has 2 unspecified atom stereocenters. The number of nitrogens with one attached hydrogen (secondary N) is 2. The zero-order valence-corrected chi connectivity index (χ0v) is 15.1. The number of rotatable bonds is 9. The molecule has 1 aliphatic rings. The average molecular weight is 367 g/mol. The molecule has 2 amide bonds. The Morgan fingerprint density at radius 1 is 1.08 bits per heavy atom. The van der Waals surface area contributed by atoms with Gasteiger partial charge >= 0.3 is 0 Å². The molecular formula is C17H25N3O4S. The fourth-order valence-corrected chi connectivity index (χ4v) is 3.12. The Morgan fingerprint density at radius 3 is 2.16 bits per heavy atom. The fourth-order valence-electron chi connectivity index (χ4n) is 2.60. The van der Waals surface area contributed by atoms with Gasteiger partial charge in [0.25, 0.3) is 0 Å². The molecular weight excluding hydrogens is 342 g/mol. The highest BCUT2D eigenvalue weighted by atomic mass is 32.2. The number of primary sulfonamides is 1. The standard InChI is InChI=1S/C17H25N3O4S/c1-2-3-9-19-16(21)14-11-15(14)17(22)20-10-8-12-4-6-13(7-5-12)25(18,23)24/h4-7,14-15H,2-3,8-11H2,1H3,(H,19,21)(H,20,22)(H2,18,23,24). The smallest absolute Gasteiger partial charge is 0.238 e. The molecule has 138 valence electrons. The summed E-state index contributed by atoms with van der Waals surface area (Å²) < 4.78 is 22.4. The lowest BCUT2D eigenvalue weighted by Gasteiger charge is -2.06. The van der Waals surface area contributed by atoms with Gasteiger partial charge in [-0.15, -0.1) is 0 Å². The summed E-state index contributed by atoms with van der Waals surface area (Å²) in [6.45, 7) is 3.16. The number of benzene rings is 1. The van der Waals surface area contributed by atoms with Crippen molar-refractivity contribution in [2.24, 2.45) is 17.0 Å². The second kappa shape index (κ2) is 8.44. The molecule has 2 rings (SSSR count). The van der Waals surface area contributed by atoms with Crippen LogP contribution in [0.3, 0.4) is 0 Å². The maximum absolute atomic E-state index is 12.0. The maximum atomic E-state index is 12.0. The van der Waals surface area contributed by atoms with Gasteiger partial charge in [-0.05, 0) is 37.0 Å². The summed E-state index contributed by atoms with van der Waals surface area (Å²) in [5.41, 5.74) is 0.900. The van der Waals surface area contributed by atoms with Gasteiger partial charge in [-0.3, -0.25) is 9.59 Å². The summed E-state index contributed by atoms with van der Waals surface area (Å²) in [5.74, 6) is -0.568. The van der Waals surface area contributed by atoms with Crippen LogP contribution in [0.2, 0.25) is 0 Å². The first-order valence-electron chi connectivity index (χ1n) is 8.50. The van der Waals surface area contributed by atoms with Gasteiger partial charge in [0.05, 0.1) is 16.7 Å². The lowest BCUT2D eigenvalue weighted by Crippen LogP contribution is -2.31. The SMILES string of the molecule is CCCCNC(=O)C1CC1C(=O)NCCc1ccc(S(N)(=O)=O)cc1. The number of unbranched alkanes of at least 4 members (excludes halogenated alkanes) is 1. The van der Waals surface area contributed by atoms with Crippen molar-refractivity contribution in [1.29, 1.82) is 0 Å². The Morgan fingerprint density at radius 2 is 1.64 bits per heavy atom. The molecule has 4 N–H and O–H groups in total. The highest BCUT2D eigenvalue weighted by Gasteiger charge is 2.47. The van der Waals surface area contributed by atoms with Crippen molar-refractivity contribution in [2.75, 3.05) is 13.1 Å². The Balaban J connectivity index is 1.70. The fraction of sp³-hybridized carbons (Fsp3) is 0.529. The van der Waals surface area contributed by atoms with Gasteiger partial charge in [0, 0.05) is 13.1 Å². The van der Waals surface area contributed by atoms with E-state index in [0.29, 0.717) is 25.9 Å². The van der Waals surface area contributed by atoms with E-state index in [1.807, 2.05) is 0 Å². The molecule has 0 radical (unpaired) electrons. The highest BCUT2D eigenvalue weighted by molar-refractivity contribution is 7.89. The largest absolute Gasteiger partial charge is 0.356 e. The van der Waals surface area contributed by atoms with Crippen molar-refractivity contribution >= 4 is 21.8 Å². The van der Waals surface area contributed by atoms with E-state index in [0.717, 1.165) is 18.4 Å². The van der Waals surface area contributed by atoms with Crippen LogP contribution in [-0.4, -0.2) is 33.3 Å². The summed E-state index contributed by atoms with van der Waals surface area (Å²) in [4.78, 5) is 24.0. The number of hydrogen-bond donors (Lipinski definition) is 3. The molecule has 1 saturated carbocycles. The summed E-state index contributed by atoms with van der Waals surface area (Å²) in [6, 6.07) is 6.24. The first kappa shape index (κ1) is 19.4. The number of sulfonamides is 1. The third kappa shape index (κ3) is 5.82. The van der Waals surface area contributed by atoms with E-state index in [1.165, 1.54) is 12.1 Å². The second-order valence-corrected chi connectivity index (χ2v) is 7.88. The van der Waals surface area contributed by atoms with Crippen LogP contribution in [0.4, 0.5) is 0 Å². The van der Waals surface area contributed by atoms with Gasteiger partial charge in [0.2, 0.25) is 21.8 Å². The zero-order chi connectivity index (χ0) is 18.4. The minimum atomic E-state index is -3.69. The van der Waals surface area contributed by atoms with E-state index in [-0.39, 0.29) is 28.5 Å². The molecule has 8 heteroatoms. The van der Waals surface area contributed by atoms with E-state index in [2.05, 4.69) is 17.6 Å². The van der Waals surface area contributed by atoms with Gasteiger partial charge in [-0.1, -0.05) is 25.5 Å². The Hall–Kier alpha value is -1.93. The van der Waals surface area contributed by atoms with Gasteiger partial charge < -0.3 is 10.6 Å². The lowest BCUT2D eigenvalue weighted by atomic mass is 10.1. The molecule has 1 aromatic carbocycles. The van der Waals surface area contributed by atoms with Crippen molar-refractivity contribution in [1.82, 2.24) is 10.6 Å². The predicted molar refractivity (Wildman–Crippen MR) is 94.0 cm³/mol. The van der Waals surface area contributed by atoms with Crippen molar-refractivity contribution in [3.05, 3.63) is 29.8 Å². The topological polar surface area (TPSA) is 118 Å². The van der Waals surface area contributed by atoms with Crippen molar-refractivity contribution in [3.63, 3.8) is 0 Å². The molecule has 1 fully saturated rings. The van der Waals surface area contributed by atoms with Gasteiger partial charge in [0.1, 0.15) is 0 Å². The minimum Gasteiger partial charge on any atom is -0.356 e. The molecule has 1 aliphatic carbocycles. The molecule has 0 saturated heterocycles. The Bertz CT molecular complexity index is 716. The third-order valence-electron chi connectivity index (χ3n) is 4.26. The van der Waals surface area contributed by atoms with Crippen LogP contribution in [0.5, 0.6) is 0 Å². The van der Waals surface area contributed by atoms with Crippen LogP contribution < -0.4 is 15.8 Å². The summed E-state index contributed by atoms with van der Waals surface area (Å²) in [6.07, 6.45) is 3.15. The van der Waals surface area contributed by atoms with Gasteiger partial charge in [0.15, 0.2) is 0 Å². The van der Waals surface area contributed by atoms with Crippen LogP contribution >= 0.6 is 0 Å². The monoisotopic (exact) mass is 367 g/mol. The van der Waals surface area contributed by atoms with E-state index in [9.17, 15) is 18.0 Å². The first-order valence-corrected chi connectivity index (χ1v) is 10.0. The quantitative estimate of drug-likeness (QED) is 0.552. The zero-order valence-electron chi connectivity index (χ0n) is 14.3. The minimum absolute atomic E-state index is 0.0350. The number of nitrogens with two attached hydrogens (primary N) is 1. The molecule has 0 aliphatic heterocycles. The highest BCUT2D eigenvalue weighted by Crippen LogP contribution is 2.38. The Labute approximate surface area is 148 Å². The number of hydrogen-bond acceptors (Lipinski definition) is 4. The van der Waals surface area contributed by atoms with E-state index < -0.39 is 10.0 Å². The molecule has 0 aromatic heterocycles. The average Bonchev–Trinajstić information content (AvgIpc) is 3.35. The Kier molecular flexibility index (Phi) is 6.55. The van der Waals surface area contributed by atoms with E-state index in [4.69, 9.17) is 5.14 Å². The molecule has 7 nitrogen and oxygen atoms in total. The van der Waals surface area contributed by atoms with Crippen LogP contribution in [0, 0.1) is 11.8 Å². The summed E-state index contributed by atoms with van der Waals surface area (Å²) in [7, 11) is -3.69. The first-order chi connectivity index (χ1) is 11.8. The van der Waals surface area contributed by atoms with Crippen molar-refractivity contribution in [3.8, 4) is 0 Å². The van der Waals surface area contributed by atoms with E-state index in [1.54, 1.807) is 12.1 Å². The number of amides is 2. The summed E-state index contributed by atoms with van der Waals surface area (Å²) >= 11 is 0. The van der Waals surface area contributed by atoms with Crippen LogP contribution in [0.25, 0.3) is 0 Å². The van der Waals surface area contributed by atoms with Crippen LogP contribution in [0.15, 0.2) is 29.2 Å². The van der Waals surface area contributed by atoms with Crippen molar-refractivity contribution < 1.29 is 18.0 Å². The van der Waals surface area contributed by atoms with Crippen LogP contribution in [-0.2, 0) is 26.0 Å².